The fraction of sp³-hybridized carbons (Fsp3) is 0.923. The maximum Gasteiger partial charge on any atom is 0.325 e. The van der Waals surface area contributed by atoms with Crippen molar-refractivity contribution in [3.63, 3.8) is 0 Å². The highest BCUT2D eigenvalue weighted by Crippen LogP contribution is 2.38. The van der Waals surface area contributed by atoms with Crippen molar-refractivity contribution >= 4 is 27.6 Å². The van der Waals surface area contributed by atoms with Crippen LogP contribution in [0.4, 0.5) is 0 Å². The maximum absolute atomic E-state index is 11.5. The van der Waals surface area contributed by atoms with Gasteiger partial charge in [-0.15, -0.1) is 5.06 Å². The normalized spacial score (nSPS) is 17.1. The van der Waals surface area contributed by atoms with Crippen molar-refractivity contribution in [2.24, 2.45) is 0 Å². The molecule has 0 aliphatic carbocycles. The van der Waals surface area contributed by atoms with Gasteiger partial charge >= 0.3 is 5.97 Å². The average molecular weight is 291 g/mol. The SMILES string of the molecule is CCC(C)(C)SSCCCC(=O)ON1CCCC1. The second-order valence-corrected chi connectivity index (χ2v) is 8.34. The van der Waals surface area contributed by atoms with Gasteiger partial charge in [0.2, 0.25) is 0 Å². The first-order chi connectivity index (χ1) is 8.53. The van der Waals surface area contributed by atoms with Gasteiger partial charge in [-0.25, -0.2) is 0 Å². The predicted molar refractivity (Wildman–Crippen MR) is 80.6 cm³/mol. The van der Waals surface area contributed by atoms with Gasteiger partial charge in [-0.3, -0.25) is 4.79 Å². The Balaban J connectivity index is 1.98. The third kappa shape index (κ3) is 6.90. The molecule has 0 bridgehead atoms. The van der Waals surface area contributed by atoms with Crippen LogP contribution in [0.1, 0.15) is 52.9 Å². The fourth-order valence-electron chi connectivity index (χ4n) is 1.50. The van der Waals surface area contributed by atoms with Gasteiger partial charge in [0.25, 0.3) is 0 Å². The van der Waals surface area contributed by atoms with E-state index in [1.165, 1.54) is 6.42 Å². The summed E-state index contributed by atoms with van der Waals surface area (Å²) in [6.45, 7) is 8.53. The van der Waals surface area contributed by atoms with Gasteiger partial charge in [0.05, 0.1) is 0 Å². The van der Waals surface area contributed by atoms with Crippen LogP contribution in [-0.2, 0) is 9.63 Å². The molecule has 0 spiro atoms. The lowest BCUT2D eigenvalue weighted by Crippen LogP contribution is -2.23. The zero-order valence-corrected chi connectivity index (χ0v) is 13.4. The van der Waals surface area contributed by atoms with Crippen molar-refractivity contribution in [1.29, 1.82) is 0 Å². The van der Waals surface area contributed by atoms with Crippen LogP contribution < -0.4 is 0 Å². The van der Waals surface area contributed by atoms with Crippen LogP contribution in [-0.4, -0.2) is 34.6 Å². The molecule has 5 heteroatoms. The minimum Gasteiger partial charge on any atom is -0.368 e. The summed E-state index contributed by atoms with van der Waals surface area (Å²) in [7, 11) is 3.78. The molecule has 1 rings (SSSR count). The lowest BCUT2D eigenvalue weighted by atomic mass is 10.1. The molecular weight excluding hydrogens is 266 g/mol. The molecule has 1 aliphatic heterocycles. The second kappa shape index (κ2) is 8.33. The van der Waals surface area contributed by atoms with Crippen LogP contribution in [0.3, 0.4) is 0 Å². The van der Waals surface area contributed by atoms with E-state index >= 15 is 0 Å². The van der Waals surface area contributed by atoms with Crippen molar-refractivity contribution in [2.45, 2.75) is 57.6 Å². The third-order valence-electron chi connectivity index (χ3n) is 3.04. The van der Waals surface area contributed by atoms with E-state index < -0.39 is 0 Å². The van der Waals surface area contributed by atoms with E-state index in [-0.39, 0.29) is 5.97 Å². The second-order valence-electron chi connectivity index (χ2n) is 5.22. The molecule has 0 atom stereocenters. The molecule has 106 valence electrons. The highest BCUT2D eigenvalue weighted by molar-refractivity contribution is 8.77. The lowest BCUT2D eigenvalue weighted by molar-refractivity contribution is -0.185. The van der Waals surface area contributed by atoms with Crippen molar-refractivity contribution < 1.29 is 9.63 Å². The molecule has 0 N–H and O–H groups in total. The monoisotopic (exact) mass is 291 g/mol. The third-order valence-corrected chi connectivity index (χ3v) is 6.56. The summed E-state index contributed by atoms with van der Waals surface area (Å²) in [5, 5.41) is 1.80. The molecule has 0 amide bonds. The molecule has 0 unspecified atom stereocenters. The Hall–Kier alpha value is 0.130. The summed E-state index contributed by atoms with van der Waals surface area (Å²) in [6.07, 6.45) is 4.90. The lowest BCUT2D eigenvalue weighted by Gasteiger charge is -2.20. The van der Waals surface area contributed by atoms with E-state index in [0.29, 0.717) is 11.2 Å². The minimum atomic E-state index is -0.0720. The summed E-state index contributed by atoms with van der Waals surface area (Å²) in [5.74, 6) is 0.945. The van der Waals surface area contributed by atoms with Gasteiger partial charge in [0.1, 0.15) is 0 Å². The van der Waals surface area contributed by atoms with Gasteiger partial charge in [0.15, 0.2) is 0 Å². The first kappa shape index (κ1) is 16.2. The molecule has 1 aliphatic rings. The number of hydrogen-bond acceptors (Lipinski definition) is 5. The summed E-state index contributed by atoms with van der Waals surface area (Å²) in [6, 6.07) is 0. The molecule has 1 fully saturated rings. The molecule has 0 radical (unpaired) electrons. The van der Waals surface area contributed by atoms with Crippen LogP contribution >= 0.6 is 21.6 Å². The smallest absolute Gasteiger partial charge is 0.325 e. The Labute approximate surface area is 119 Å². The van der Waals surface area contributed by atoms with Crippen molar-refractivity contribution in [1.82, 2.24) is 5.06 Å². The highest BCUT2D eigenvalue weighted by Gasteiger charge is 2.17. The van der Waals surface area contributed by atoms with Crippen LogP contribution in [0, 0.1) is 0 Å². The number of carbonyl (C=O) groups is 1. The Bertz CT molecular complexity index is 253. The molecule has 0 aromatic heterocycles. The average Bonchev–Trinajstić information content (AvgIpc) is 2.81. The summed E-state index contributed by atoms with van der Waals surface area (Å²) >= 11 is 0. The summed E-state index contributed by atoms with van der Waals surface area (Å²) < 4.78 is 0.334. The molecule has 1 heterocycles. The summed E-state index contributed by atoms with van der Waals surface area (Å²) in [5.41, 5.74) is 0. The maximum atomic E-state index is 11.5. The first-order valence-corrected chi connectivity index (χ1v) is 9.12. The molecule has 18 heavy (non-hydrogen) atoms. The van der Waals surface area contributed by atoms with Gasteiger partial charge < -0.3 is 4.84 Å². The Morgan fingerprint density at radius 2 is 2.00 bits per heavy atom. The molecule has 0 saturated carbocycles. The number of hydrogen-bond donors (Lipinski definition) is 0. The Morgan fingerprint density at radius 1 is 1.33 bits per heavy atom. The molecule has 1 saturated heterocycles. The molecular formula is C13H25NO2S2. The van der Waals surface area contributed by atoms with Crippen LogP contribution in [0.2, 0.25) is 0 Å². The Morgan fingerprint density at radius 3 is 2.61 bits per heavy atom. The van der Waals surface area contributed by atoms with E-state index in [1.807, 2.05) is 21.6 Å². The molecule has 0 aromatic carbocycles. The van der Waals surface area contributed by atoms with Crippen molar-refractivity contribution in [3.05, 3.63) is 0 Å². The standard InChI is InChI=1S/C13H25NO2S2/c1-4-13(2,3)18-17-11-7-8-12(15)16-14-9-5-6-10-14/h4-11H2,1-3H3. The largest absolute Gasteiger partial charge is 0.368 e. The van der Waals surface area contributed by atoms with Gasteiger partial charge in [-0.2, -0.15) is 0 Å². The van der Waals surface area contributed by atoms with E-state index in [9.17, 15) is 4.79 Å². The van der Waals surface area contributed by atoms with Crippen molar-refractivity contribution in [2.75, 3.05) is 18.8 Å². The fourth-order valence-corrected chi connectivity index (χ4v) is 4.20. The van der Waals surface area contributed by atoms with Crippen LogP contribution in [0.15, 0.2) is 0 Å². The zero-order valence-electron chi connectivity index (χ0n) is 11.7. The van der Waals surface area contributed by atoms with Crippen molar-refractivity contribution in [3.8, 4) is 0 Å². The predicted octanol–water partition coefficient (Wildman–Crippen LogP) is 3.89. The highest BCUT2D eigenvalue weighted by atomic mass is 33.1. The minimum absolute atomic E-state index is 0.0720. The Kier molecular flexibility index (Phi) is 7.49. The van der Waals surface area contributed by atoms with E-state index in [0.717, 1.165) is 38.1 Å². The topological polar surface area (TPSA) is 29.5 Å². The molecule has 3 nitrogen and oxygen atoms in total. The van der Waals surface area contributed by atoms with E-state index in [2.05, 4.69) is 20.8 Å². The zero-order chi connectivity index (χ0) is 13.4. The van der Waals surface area contributed by atoms with E-state index in [1.54, 1.807) is 5.06 Å². The molecule has 0 aromatic rings. The summed E-state index contributed by atoms with van der Waals surface area (Å²) in [4.78, 5) is 16.8. The van der Waals surface area contributed by atoms with Gasteiger partial charge in [-0.1, -0.05) is 28.5 Å². The number of hydroxylamine groups is 2. The quantitative estimate of drug-likeness (QED) is 0.500. The number of nitrogens with zero attached hydrogens (tertiary/aromatic N) is 1. The van der Waals surface area contributed by atoms with E-state index in [4.69, 9.17) is 4.84 Å². The van der Waals surface area contributed by atoms with Gasteiger partial charge in [-0.05, 0) is 39.5 Å². The van der Waals surface area contributed by atoms with Crippen LogP contribution in [0.25, 0.3) is 0 Å². The van der Waals surface area contributed by atoms with Crippen LogP contribution in [0.5, 0.6) is 0 Å². The number of carbonyl (C=O) groups excluding carboxylic acids is 1. The van der Waals surface area contributed by atoms with Gasteiger partial charge in [0, 0.05) is 30.0 Å². The first-order valence-electron chi connectivity index (χ1n) is 6.80. The number of rotatable bonds is 8.